The van der Waals surface area contributed by atoms with Crippen LogP contribution in [-0.2, 0) is 0 Å². The Hall–Kier alpha value is -1.17. The topological polar surface area (TPSA) is 52.7 Å². The molecule has 3 rings (SSSR count). The first-order valence-corrected chi connectivity index (χ1v) is 7.73. The van der Waals surface area contributed by atoms with Crippen molar-refractivity contribution in [2.45, 2.75) is 18.4 Å². The average Bonchev–Trinajstić information content (AvgIpc) is 3.34. The lowest BCUT2D eigenvalue weighted by Gasteiger charge is -2.40. The van der Waals surface area contributed by atoms with Crippen molar-refractivity contribution in [1.29, 1.82) is 0 Å². The molecule has 0 spiro atoms. The molecule has 4 nitrogen and oxygen atoms in total. The van der Waals surface area contributed by atoms with Crippen LogP contribution in [0.3, 0.4) is 0 Å². The SMILES string of the molecule is NC(CO)(CN1CCN(c2ccc(F)cc2)CC1)C1CC1. The number of benzene rings is 1. The third-order valence-corrected chi connectivity index (χ3v) is 4.77. The molecule has 1 aliphatic carbocycles. The molecule has 1 aromatic rings. The summed E-state index contributed by atoms with van der Waals surface area (Å²) in [7, 11) is 0. The van der Waals surface area contributed by atoms with Crippen LogP contribution >= 0.6 is 0 Å². The summed E-state index contributed by atoms with van der Waals surface area (Å²) < 4.78 is 13.0. The molecule has 1 atom stereocenters. The summed E-state index contributed by atoms with van der Waals surface area (Å²) in [6.07, 6.45) is 2.29. The van der Waals surface area contributed by atoms with Crippen molar-refractivity contribution in [3.05, 3.63) is 30.1 Å². The fourth-order valence-corrected chi connectivity index (χ4v) is 3.20. The highest BCUT2D eigenvalue weighted by atomic mass is 19.1. The number of hydrogen-bond acceptors (Lipinski definition) is 4. The van der Waals surface area contributed by atoms with Gasteiger partial charge in [0.1, 0.15) is 5.82 Å². The molecular weight excluding hydrogens is 269 g/mol. The highest BCUT2D eigenvalue weighted by Crippen LogP contribution is 2.38. The molecule has 1 saturated heterocycles. The van der Waals surface area contributed by atoms with Gasteiger partial charge >= 0.3 is 0 Å². The third kappa shape index (κ3) is 3.36. The molecule has 1 unspecified atom stereocenters. The van der Waals surface area contributed by atoms with Gasteiger partial charge in [0.2, 0.25) is 0 Å². The Morgan fingerprint density at radius 2 is 1.76 bits per heavy atom. The van der Waals surface area contributed by atoms with Crippen molar-refractivity contribution in [2.24, 2.45) is 11.7 Å². The zero-order valence-corrected chi connectivity index (χ0v) is 12.3. The van der Waals surface area contributed by atoms with Crippen LogP contribution in [0.25, 0.3) is 0 Å². The van der Waals surface area contributed by atoms with E-state index in [1.165, 1.54) is 12.1 Å². The Kier molecular flexibility index (Phi) is 4.15. The fraction of sp³-hybridized carbons (Fsp3) is 0.625. The monoisotopic (exact) mass is 293 g/mol. The standard InChI is InChI=1S/C16H24FN3O/c17-14-3-5-15(6-4-14)20-9-7-19(8-10-20)11-16(18,12-21)13-1-2-13/h3-6,13,21H,1-2,7-12,18H2. The normalized spacial score (nSPS) is 23.1. The van der Waals surface area contributed by atoms with Gasteiger partial charge in [-0.05, 0) is 43.0 Å². The number of rotatable bonds is 5. The van der Waals surface area contributed by atoms with Gasteiger partial charge in [0.15, 0.2) is 0 Å². The third-order valence-electron chi connectivity index (χ3n) is 4.77. The number of hydrogen-bond donors (Lipinski definition) is 2. The van der Waals surface area contributed by atoms with E-state index in [-0.39, 0.29) is 12.4 Å². The number of nitrogens with zero attached hydrogens (tertiary/aromatic N) is 2. The Bertz CT molecular complexity index is 469. The van der Waals surface area contributed by atoms with Crippen LogP contribution in [0.2, 0.25) is 0 Å². The summed E-state index contributed by atoms with van der Waals surface area (Å²) in [4.78, 5) is 4.61. The predicted octanol–water partition coefficient (Wildman–Crippen LogP) is 1.05. The molecule has 3 N–H and O–H groups in total. The van der Waals surface area contributed by atoms with E-state index in [0.717, 1.165) is 51.3 Å². The lowest BCUT2D eigenvalue weighted by atomic mass is 9.94. The maximum absolute atomic E-state index is 13.0. The number of halogens is 1. The van der Waals surface area contributed by atoms with E-state index in [1.807, 2.05) is 12.1 Å². The zero-order valence-electron chi connectivity index (χ0n) is 12.3. The van der Waals surface area contributed by atoms with Crippen LogP contribution in [0.1, 0.15) is 12.8 Å². The van der Waals surface area contributed by atoms with Gasteiger partial charge in [0, 0.05) is 38.4 Å². The summed E-state index contributed by atoms with van der Waals surface area (Å²) in [6.45, 7) is 4.53. The smallest absolute Gasteiger partial charge is 0.123 e. The van der Waals surface area contributed by atoms with Crippen LogP contribution in [0.4, 0.5) is 10.1 Å². The van der Waals surface area contributed by atoms with Crippen molar-refractivity contribution >= 4 is 5.69 Å². The molecule has 1 saturated carbocycles. The van der Waals surface area contributed by atoms with E-state index in [1.54, 1.807) is 0 Å². The van der Waals surface area contributed by atoms with Crippen LogP contribution in [0, 0.1) is 11.7 Å². The first-order valence-electron chi connectivity index (χ1n) is 7.73. The minimum Gasteiger partial charge on any atom is -0.394 e. The summed E-state index contributed by atoms with van der Waals surface area (Å²) in [5, 5.41) is 9.58. The lowest BCUT2D eigenvalue weighted by Crippen LogP contribution is -2.58. The second-order valence-electron chi connectivity index (χ2n) is 6.41. The largest absolute Gasteiger partial charge is 0.394 e. The van der Waals surface area contributed by atoms with E-state index in [9.17, 15) is 9.50 Å². The van der Waals surface area contributed by atoms with Gasteiger partial charge in [0.05, 0.1) is 12.1 Å². The lowest BCUT2D eigenvalue weighted by molar-refractivity contribution is 0.117. The van der Waals surface area contributed by atoms with Crippen LogP contribution in [-0.4, -0.2) is 54.9 Å². The highest BCUT2D eigenvalue weighted by molar-refractivity contribution is 5.46. The minimum absolute atomic E-state index is 0.0653. The molecule has 0 aromatic heterocycles. The Morgan fingerprint density at radius 1 is 1.14 bits per heavy atom. The summed E-state index contributed by atoms with van der Waals surface area (Å²) in [5.74, 6) is 0.287. The fourth-order valence-electron chi connectivity index (χ4n) is 3.20. The molecule has 1 heterocycles. The van der Waals surface area contributed by atoms with Crippen molar-refractivity contribution in [1.82, 2.24) is 4.90 Å². The van der Waals surface area contributed by atoms with Crippen molar-refractivity contribution in [3.63, 3.8) is 0 Å². The molecule has 0 bridgehead atoms. The van der Waals surface area contributed by atoms with E-state index in [0.29, 0.717) is 5.92 Å². The molecule has 2 aliphatic rings. The van der Waals surface area contributed by atoms with Gasteiger partial charge < -0.3 is 15.7 Å². The van der Waals surface area contributed by atoms with E-state index in [4.69, 9.17) is 5.73 Å². The number of aliphatic hydroxyl groups excluding tert-OH is 1. The molecule has 2 fully saturated rings. The maximum Gasteiger partial charge on any atom is 0.123 e. The van der Waals surface area contributed by atoms with Crippen LogP contribution in [0.15, 0.2) is 24.3 Å². The maximum atomic E-state index is 13.0. The van der Waals surface area contributed by atoms with Gasteiger partial charge in [-0.1, -0.05) is 0 Å². The van der Waals surface area contributed by atoms with Crippen molar-refractivity contribution < 1.29 is 9.50 Å². The van der Waals surface area contributed by atoms with E-state index < -0.39 is 5.54 Å². The summed E-state index contributed by atoms with van der Waals surface area (Å²) >= 11 is 0. The van der Waals surface area contributed by atoms with E-state index >= 15 is 0 Å². The first-order chi connectivity index (χ1) is 10.1. The summed E-state index contributed by atoms with van der Waals surface area (Å²) in [5.41, 5.74) is 6.99. The van der Waals surface area contributed by atoms with E-state index in [2.05, 4.69) is 9.80 Å². The number of aliphatic hydroxyl groups is 1. The first kappa shape index (κ1) is 14.8. The highest BCUT2D eigenvalue weighted by Gasteiger charge is 2.43. The zero-order chi connectivity index (χ0) is 14.9. The molecular formula is C16H24FN3O. The average molecular weight is 293 g/mol. The Labute approximate surface area is 125 Å². The summed E-state index contributed by atoms with van der Waals surface area (Å²) in [6, 6.07) is 6.67. The van der Waals surface area contributed by atoms with Crippen molar-refractivity contribution in [2.75, 3.05) is 44.2 Å². The number of piperazine rings is 1. The minimum atomic E-state index is -0.432. The van der Waals surface area contributed by atoms with Gasteiger partial charge in [-0.2, -0.15) is 0 Å². The molecule has 1 aromatic carbocycles. The quantitative estimate of drug-likeness (QED) is 0.852. The molecule has 0 amide bonds. The van der Waals surface area contributed by atoms with Crippen LogP contribution in [0.5, 0.6) is 0 Å². The molecule has 21 heavy (non-hydrogen) atoms. The second kappa shape index (κ2) is 5.91. The molecule has 5 heteroatoms. The molecule has 0 radical (unpaired) electrons. The van der Waals surface area contributed by atoms with Gasteiger partial charge in [-0.25, -0.2) is 4.39 Å². The van der Waals surface area contributed by atoms with Gasteiger partial charge in [0.25, 0.3) is 0 Å². The van der Waals surface area contributed by atoms with Gasteiger partial charge in [-0.3, -0.25) is 4.90 Å². The predicted molar refractivity (Wildman–Crippen MR) is 81.8 cm³/mol. The number of nitrogens with two attached hydrogens (primary N) is 1. The molecule has 116 valence electrons. The Morgan fingerprint density at radius 3 is 2.29 bits per heavy atom. The number of anilines is 1. The van der Waals surface area contributed by atoms with Crippen LogP contribution < -0.4 is 10.6 Å². The second-order valence-corrected chi connectivity index (χ2v) is 6.41. The Balaban J connectivity index is 1.54. The van der Waals surface area contributed by atoms with Crippen molar-refractivity contribution in [3.8, 4) is 0 Å². The van der Waals surface area contributed by atoms with Gasteiger partial charge in [-0.15, -0.1) is 0 Å². The molecule has 1 aliphatic heterocycles.